The molecule has 0 radical (unpaired) electrons. The Kier molecular flexibility index (Phi) is 6.36. The zero-order valence-corrected chi connectivity index (χ0v) is 18.8. The summed E-state index contributed by atoms with van der Waals surface area (Å²) in [6.45, 7) is 2.79. The fourth-order valence-corrected chi connectivity index (χ4v) is 3.74. The topological polar surface area (TPSA) is 108 Å². The summed E-state index contributed by atoms with van der Waals surface area (Å²) in [5.41, 5.74) is -0.478. The van der Waals surface area contributed by atoms with E-state index in [1.807, 2.05) is 36.1 Å². The highest BCUT2D eigenvalue weighted by Gasteiger charge is 2.26. The van der Waals surface area contributed by atoms with Gasteiger partial charge in [0.1, 0.15) is 18.0 Å². The van der Waals surface area contributed by atoms with Crippen LogP contribution in [-0.2, 0) is 17.9 Å². The first kappa shape index (κ1) is 22.4. The zero-order chi connectivity index (χ0) is 23.5. The van der Waals surface area contributed by atoms with E-state index in [1.165, 1.54) is 17.7 Å². The van der Waals surface area contributed by atoms with Crippen LogP contribution in [0.1, 0.15) is 6.92 Å². The molecule has 4 rings (SSSR count). The Morgan fingerprint density at radius 2 is 1.88 bits per heavy atom. The summed E-state index contributed by atoms with van der Waals surface area (Å²) in [4.78, 5) is 39.7. The highest BCUT2D eigenvalue weighted by Crippen LogP contribution is 2.29. The van der Waals surface area contributed by atoms with Gasteiger partial charge in [0.2, 0.25) is 11.9 Å². The minimum Gasteiger partial charge on any atom is -0.495 e. The van der Waals surface area contributed by atoms with Crippen molar-refractivity contribution in [2.75, 3.05) is 30.5 Å². The minimum atomic E-state index is -0.875. The summed E-state index contributed by atoms with van der Waals surface area (Å²) < 4.78 is 12.9. The lowest BCUT2D eigenvalue weighted by Gasteiger charge is -2.18. The maximum absolute atomic E-state index is 12.7. The molecule has 1 amide bonds. The molecule has 2 aromatic carbocycles. The lowest BCUT2D eigenvalue weighted by atomic mass is 10.3. The van der Waals surface area contributed by atoms with Crippen LogP contribution in [0.3, 0.4) is 0 Å². The molecule has 172 valence electrons. The van der Waals surface area contributed by atoms with Crippen LogP contribution in [0, 0.1) is 0 Å². The van der Waals surface area contributed by atoms with Gasteiger partial charge in [0.15, 0.2) is 0 Å². The molecule has 0 spiro atoms. The Balaban J connectivity index is 1.61. The summed E-state index contributed by atoms with van der Waals surface area (Å²) in [6.07, 6.45) is 0. The predicted octanol–water partition coefficient (Wildman–Crippen LogP) is 2.26. The van der Waals surface area contributed by atoms with E-state index in [1.54, 1.807) is 12.1 Å². The maximum Gasteiger partial charge on any atom is 0.333 e. The number of carbonyl (C=O) groups excluding carboxylic acids is 1. The second-order valence-corrected chi connectivity index (χ2v) is 7.63. The molecule has 3 aromatic rings. The normalized spacial score (nSPS) is 12.4. The Hall–Kier alpha value is -3.79. The molecule has 2 heterocycles. The standard InChI is InChI=1S/C22H22ClN5O5/c1-3-33-16-7-5-15(6-8-16)26-10-11-27-20(30)21(31)28(25-22(26)27)13-19(29)24-17-12-14(23)4-9-18(17)32-2/h4-9,12H,3,10-11,13H2,1-2H3,(H,24,29). The Bertz CT molecular complexity index is 1300. The summed E-state index contributed by atoms with van der Waals surface area (Å²) >= 11 is 6.00. The van der Waals surface area contributed by atoms with E-state index >= 15 is 0 Å². The lowest BCUT2D eigenvalue weighted by molar-refractivity contribution is -0.117. The van der Waals surface area contributed by atoms with E-state index < -0.39 is 23.6 Å². The van der Waals surface area contributed by atoms with Crippen molar-refractivity contribution in [3.05, 3.63) is 68.2 Å². The molecular formula is C22H22ClN5O5. The van der Waals surface area contributed by atoms with E-state index in [2.05, 4.69) is 10.4 Å². The average Bonchev–Trinajstić information content (AvgIpc) is 3.22. The molecule has 11 heteroatoms. The summed E-state index contributed by atoms with van der Waals surface area (Å²) in [5, 5.41) is 7.36. The number of aromatic nitrogens is 3. The minimum absolute atomic E-state index is 0.289. The number of fused-ring (bicyclic) bond motifs is 1. The van der Waals surface area contributed by atoms with Gasteiger partial charge in [0, 0.05) is 23.8 Å². The molecule has 0 fully saturated rings. The van der Waals surface area contributed by atoms with Gasteiger partial charge in [0.25, 0.3) is 0 Å². The number of anilines is 3. The summed E-state index contributed by atoms with van der Waals surface area (Å²) in [7, 11) is 1.46. The number of carbonyl (C=O) groups is 1. The van der Waals surface area contributed by atoms with Crippen LogP contribution in [0.4, 0.5) is 17.3 Å². The van der Waals surface area contributed by atoms with Crippen molar-refractivity contribution >= 4 is 34.8 Å². The Morgan fingerprint density at radius 3 is 2.58 bits per heavy atom. The van der Waals surface area contributed by atoms with Crippen molar-refractivity contribution in [2.45, 2.75) is 20.0 Å². The van der Waals surface area contributed by atoms with Gasteiger partial charge < -0.3 is 19.7 Å². The average molecular weight is 472 g/mol. The van der Waals surface area contributed by atoms with Crippen molar-refractivity contribution in [1.29, 1.82) is 0 Å². The molecule has 1 aliphatic rings. The second-order valence-electron chi connectivity index (χ2n) is 7.19. The van der Waals surface area contributed by atoms with Crippen molar-refractivity contribution in [3.63, 3.8) is 0 Å². The Labute approximate surface area is 193 Å². The maximum atomic E-state index is 12.7. The smallest absolute Gasteiger partial charge is 0.333 e. The number of ether oxygens (including phenoxy) is 2. The van der Waals surface area contributed by atoms with Gasteiger partial charge in [-0.25, -0.2) is 4.68 Å². The molecule has 0 saturated carbocycles. The fourth-order valence-electron chi connectivity index (χ4n) is 3.57. The third kappa shape index (κ3) is 4.56. The third-order valence-electron chi connectivity index (χ3n) is 5.09. The number of amides is 1. The molecule has 10 nitrogen and oxygen atoms in total. The van der Waals surface area contributed by atoms with Crippen LogP contribution in [0.2, 0.25) is 5.02 Å². The summed E-state index contributed by atoms with van der Waals surface area (Å²) in [6, 6.07) is 12.1. The van der Waals surface area contributed by atoms with E-state index in [0.29, 0.717) is 36.2 Å². The van der Waals surface area contributed by atoms with Gasteiger partial charge in [-0.3, -0.25) is 19.0 Å². The van der Waals surface area contributed by atoms with Gasteiger partial charge >= 0.3 is 11.1 Å². The van der Waals surface area contributed by atoms with Crippen LogP contribution in [0.25, 0.3) is 0 Å². The first-order chi connectivity index (χ1) is 15.9. The van der Waals surface area contributed by atoms with Crippen molar-refractivity contribution in [1.82, 2.24) is 14.3 Å². The first-order valence-electron chi connectivity index (χ1n) is 10.3. The molecule has 1 N–H and O–H groups in total. The predicted molar refractivity (Wildman–Crippen MR) is 124 cm³/mol. The third-order valence-corrected chi connectivity index (χ3v) is 5.33. The SMILES string of the molecule is CCOc1ccc(N2CCn3c2nn(CC(=O)Nc2cc(Cl)ccc2OC)c(=O)c3=O)cc1. The first-order valence-corrected chi connectivity index (χ1v) is 10.6. The highest BCUT2D eigenvalue weighted by molar-refractivity contribution is 6.31. The lowest BCUT2D eigenvalue weighted by Crippen LogP contribution is -2.44. The van der Waals surface area contributed by atoms with E-state index in [-0.39, 0.29) is 5.95 Å². The largest absolute Gasteiger partial charge is 0.495 e. The van der Waals surface area contributed by atoms with Gasteiger partial charge in [-0.05, 0) is 49.4 Å². The number of methoxy groups -OCH3 is 1. The fraction of sp³-hybridized carbons (Fsp3) is 0.273. The van der Waals surface area contributed by atoms with Gasteiger partial charge in [-0.1, -0.05) is 11.6 Å². The molecule has 33 heavy (non-hydrogen) atoms. The number of hydrogen-bond acceptors (Lipinski definition) is 7. The molecule has 0 aliphatic carbocycles. The van der Waals surface area contributed by atoms with E-state index in [9.17, 15) is 14.4 Å². The van der Waals surface area contributed by atoms with Crippen LogP contribution >= 0.6 is 11.6 Å². The Morgan fingerprint density at radius 1 is 1.12 bits per heavy atom. The number of nitrogens with zero attached hydrogens (tertiary/aromatic N) is 4. The van der Waals surface area contributed by atoms with Gasteiger partial charge in [-0.15, -0.1) is 5.10 Å². The van der Waals surface area contributed by atoms with Crippen molar-refractivity contribution < 1.29 is 14.3 Å². The number of nitrogens with one attached hydrogen (secondary N) is 1. The zero-order valence-electron chi connectivity index (χ0n) is 18.1. The highest BCUT2D eigenvalue weighted by atomic mass is 35.5. The van der Waals surface area contributed by atoms with Gasteiger partial charge in [0.05, 0.1) is 19.4 Å². The number of benzene rings is 2. The molecule has 0 saturated heterocycles. The second kappa shape index (κ2) is 9.37. The molecule has 0 atom stereocenters. The van der Waals surface area contributed by atoms with Crippen LogP contribution < -0.4 is 30.8 Å². The van der Waals surface area contributed by atoms with E-state index in [4.69, 9.17) is 21.1 Å². The monoisotopic (exact) mass is 471 g/mol. The molecule has 1 aromatic heterocycles. The number of halogens is 1. The quantitative estimate of drug-likeness (QED) is 0.526. The molecular weight excluding hydrogens is 450 g/mol. The van der Waals surface area contributed by atoms with E-state index in [0.717, 1.165) is 16.1 Å². The molecule has 1 aliphatic heterocycles. The van der Waals surface area contributed by atoms with Crippen molar-refractivity contribution in [2.24, 2.45) is 0 Å². The van der Waals surface area contributed by atoms with Crippen molar-refractivity contribution in [3.8, 4) is 11.5 Å². The summed E-state index contributed by atoms with van der Waals surface area (Å²) in [5.74, 6) is 0.865. The van der Waals surface area contributed by atoms with Crippen LogP contribution in [0.15, 0.2) is 52.1 Å². The number of rotatable bonds is 7. The van der Waals surface area contributed by atoms with Crippen LogP contribution in [0.5, 0.6) is 11.5 Å². The number of hydrogen-bond donors (Lipinski definition) is 1. The van der Waals surface area contributed by atoms with Gasteiger partial charge in [-0.2, -0.15) is 0 Å². The molecule has 0 bridgehead atoms. The van der Waals surface area contributed by atoms with Crippen LogP contribution in [-0.4, -0.2) is 40.5 Å². The molecule has 0 unspecified atom stereocenters.